The van der Waals surface area contributed by atoms with E-state index in [1.807, 2.05) is 4.90 Å². The van der Waals surface area contributed by atoms with E-state index in [-0.39, 0.29) is 29.3 Å². The zero-order chi connectivity index (χ0) is 22.2. The zero-order valence-electron chi connectivity index (χ0n) is 16.5. The minimum atomic E-state index is -4.54. The smallest absolute Gasteiger partial charge is 0.383 e. The van der Waals surface area contributed by atoms with E-state index in [4.69, 9.17) is 5.73 Å². The van der Waals surface area contributed by atoms with Crippen LogP contribution in [0.2, 0.25) is 0 Å². The Labute approximate surface area is 176 Å². The third-order valence-electron chi connectivity index (χ3n) is 5.37. The van der Waals surface area contributed by atoms with Gasteiger partial charge >= 0.3 is 6.18 Å². The van der Waals surface area contributed by atoms with E-state index < -0.39 is 29.5 Å². The molecule has 1 saturated heterocycles. The van der Waals surface area contributed by atoms with Gasteiger partial charge in [0.25, 0.3) is 0 Å². The minimum Gasteiger partial charge on any atom is -0.383 e. The molecule has 2 amide bonds. The highest BCUT2D eigenvalue weighted by molar-refractivity contribution is 6.05. The molecule has 2 aromatic rings. The van der Waals surface area contributed by atoms with Crippen LogP contribution in [0.4, 0.5) is 36.4 Å². The molecular formula is C20H21F3N6O2. The standard InChI is InChI=1S/C20H21F3N6O2/c21-20(22,23)11-5-4-6-12(9-11)25-18(31)13-10-14(30)26-17-15(13)16(24)27-19(28-17)29-7-2-1-3-8-29/h4-6,9,13H,1-3,7-8,10H2,(H,25,31)(H3,24,26,27,28,30)/t13-/m0/s1. The lowest BCUT2D eigenvalue weighted by Crippen LogP contribution is -2.35. The molecular weight excluding hydrogens is 413 g/mol. The van der Waals surface area contributed by atoms with Crippen molar-refractivity contribution < 1.29 is 22.8 Å². The van der Waals surface area contributed by atoms with Gasteiger partial charge in [-0.2, -0.15) is 23.1 Å². The van der Waals surface area contributed by atoms with E-state index >= 15 is 0 Å². The van der Waals surface area contributed by atoms with Crippen LogP contribution in [0.25, 0.3) is 0 Å². The topological polar surface area (TPSA) is 113 Å². The molecule has 2 aliphatic rings. The number of carbonyl (C=O) groups excluding carboxylic acids is 2. The van der Waals surface area contributed by atoms with Gasteiger partial charge in [-0.15, -0.1) is 0 Å². The van der Waals surface area contributed by atoms with Crippen LogP contribution in [0.3, 0.4) is 0 Å². The number of nitrogens with two attached hydrogens (primary N) is 1. The number of benzene rings is 1. The van der Waals surface area contributed by atoms with Crippen molar-refractivity contribution in [3.05, 3.63) is 35.4 Å². The van der Waals surface area contributed by atoms with Crippen LogP contribution in [-0.2, 0) is 15.8 Å². The molecule has 0 spiro atoms. The largest absolute Gasteiger partial charge is 0.416 e. The van der Waals surface area contributed by atoms with Gasteiger partial charge in [0.05, 0.1) is 17.0 Å². The monoisotopic (exact) mass is 434 g/mol. The summed E-state index contributed by atoms with van der Waals surface area (Å²) in [5, 5.41) is 5.08. The number of anilines is 4. The lowest BCUT2D eigenvalue weighted by molar-refractivity contribution is -0.137. The van der Waals surface area contributed by atoms with E-state index in [9.17, 15) is 22.8 Å². The molecule has 2 aliphatic heterocycles. The second-order valence-corrected chi connectivity index (χ2v) is 7.59. The zero-order valence-corrected chi connectivity index (χ0v) is 16.5. The van der Waals surface area contributed by atoms with Gasteiger partial charge in [0.2, 0.25) is 17.8 Å². The number of nitrogens with one attached hydrogen (secondary N) is 2. The molecule has 0 bridgehead atoms. The maximum atomic E-state index is 12.9. The Kier molecular flexibility index (Phi) is 5.42. The van der Waals surface area contributed by atoms with E-state index in [0.717, 1.165) is 44.5 Å². The van der Waals surface area contributed by atoms with E-state index in [1.165, 1.54) is 12.1 Å². The number of aromatic nitrogens is 2. The highest BCUT2D eigenvalue weighted by Crippen LogP contribution is 2.37. The van der Waals surface area contributed by atoms with Crippen LogP contribution in [0.5, 0.6) is 0 Å². The lowest BCUT2D eigenvalue weighted by Gasteiger charge is -2.30. The molecule has 1 aromatic carbocycles. The summed E-state index contributed by atoms with van der Waals surface area (Å²) in [4.78, 5) is 35.8. The molecule has 3 heterocycles. The second-order valence-electron chi connectivity index (χ2n) is 7.59. The SMILES string of the molecule is Nc1nc(N2CCCCC2)nc2c1[C@@H](C(=O)Nc1cccc(C(F)(F)F)c1)CC(=O)N2. The molecule has 4 rings (SSSR count). The number of fused-ring (bicyclic) bond motifs is 1. The number of rotatable bonds is 3. The van der Waals surface area contributed by atoms with Gasteiger partial charge in [-0.25, -0.2) is 0 Å². The van der Waals surface area contributed by atoms with Gasteiger partial charge < -0.3 is 21.3 Å². The number of halogens is 3. The Balaban J connectivity index is 1.62. The Hall–Kier alpha value is -3.37. The fraction of sp³-hybridized carbons (Fsp3) is 0.400. The van der Waals surface area contributed by atoms with Crippen molar-refractivity contribution in [1.29, 1.82) is 0 Å². The molecule has 4 N–H and O–H groups in total. The van der Waals surface area contributed by atoms with Crippen LogP contribution in [-0.4, -0.2) is 34.9 Å². The Morgan fingerprint density at radius 3 is 2.65 bits per heavy atom. The molecule has 164 valence electrons. The molecule has 31 heavy (non-hydrogen) atoms. The van der Waals surface area contributed by atoms with Crippen LogP contribution in [0.1, 0.15) is 42.7 Å². The normalized spacial score (nSPS) is 18.9. The highest BCUT2D eigenvalue weighted by atomic mass is 19.4. The number of amides is 2. The number of carbonyl (C=O) groups is 2. The van der Waals surface area contributed by atoms with Crippen molar-refractivity contribution in [2.75, 3.05) is 34.4 Å². The third kappa shape index (κ3) is 4.39. The molecule has 0 unspecified atom stereocenters. The molecule has 0 saturated carbocycles. The van der Waals surface area contributed by atoms with Crippen molar-refractivity contribution in [1.82, 2.24) is 9.97 Å². The van der Waals surface area contributed by atoms with Crippen LogP contribution < -0.4 is 21.3 Å². The first-order valence-corrected chi connectivity index (χ1v) is 9.92. The Bertz CT molecular complexity index is 1020. The average Bonchev–Trinajstić information content (AvgIpc) is 2.73. The summed E-state index contributed by atoms with van der Waals surface area (Å²) in [5.74, 6) is -1.50. The maximum Gasteiger partial charge on any atom is 0.416 e. The minimum absolute atomic E-state index is 0.0308. The number of hydrogen-bond acceptors (Lipinski definition) is 6. The molecule has 1 atom stereocenters. The number of alkyl halides is 3. The van der Waals surface area contributed by atoms with Crippen molar-refractivity contribution in [2.45, 2.75) is 37.8 Å². The van der Waals surface area contributed by atoms with E-state index in [1.54, 1.807) is 0 Å². The van der Waals surface area contributed by atoms with Gasteiger partial charge in [0, 0.05) is 25.2 Å². The van der Waals surface area contributed by atoms with Crippen molar-refractivity contribution in [3.8, 4) is 0 Å². The van der Waals surface area contributed by atoms with Gasteiger partial charge in [-0.05, 0) is 37.5 Å². The van der Waals surface area contributed by atoms with E-state index in [0.29, 0.717) is 5.95 Å². The summed E-state index contributed by atoms with van der Waals surface area (Å²) in [6.07, 6.45) is -1.65. The molecule has 1 aromatic heterocycles. The molecule has 11 heteroatoms. The number of piperidine rings is 1. The molecule has 1 fully saturated rings. The van der Waals surface area contributed by atoms with Gasteiger partial charge in [-0.1, -0.05) is 6.07 Å². The maximum absolute atomic E-state index is 12.9. The van der Waals surface area contributed by atoms with Crippen LogP contribution in [0.15, 0.2) is 24.3 Å². The summed E-state index contributed by atoms with van der Waals surface area (Å²) >= 11 is 0. The first-order chi connectivity index (χ1) is 14.7. The molecule has 0 aliphatic carbocycles. The first-order valence-electron chi connectivity index (χ1n) is 9.92. The van der Waals surface area contributed by atoms with E-state index in [2.05, 4.69) is 20.6 Å². The highest BCUT2D eigenvalue weighted by Gasteiger charge is 2.36. The number of nitrogen functional groups attached to an aromatic ring is 1. The van der Waals surface area contributed by atoms with Crippen molar-refractivity contribution in [3.63, 3.8) is 0 Å². The molecule has 0 radical (unpaired) electrons. The average molecular weight is 434 g/mol. The number of hydrogen-bond donors (Lipinski definition) is 3. The van der Waals surface area contributed by atoms with Crippen LogP contribution in [0, 0.1) is 0 Å². The molecule has 8 nitrogen and oxygen atoms in total. The third-order valence-corrected chi connectivity index (χ3v) is 5.37. The summed E-state index contributed by atoms with van der Waals surface area (Å²) < 4.78 is 38.8. The fourth-order valence-corrected chi connectivity index (χ4v) is 3.85. The van der Waals surface area contributed by atoms with Crippen molar-refractivity contribution in [2.24, 2.45) is 0 Å². The number of nitrogens with zero attached hydrogens (tertiary/aromatic N) is 3. The summed E-state index contributed by atoms with van der Waals surface area (Å²) in [5.41, 5.74) is 5.49. The summed E-state index contributed by atoms with van der Waals surface area (Å²) in [7, 11) is 0. The second kappa shape index (κ2) is 8.05. The fourth-order valence-electron chi connectivity index (χ4n) is 3.85. The quantitative estimate of drug-likeness (QED) is 0.684. The predicted molar refractivity (Wildman–Crippen MR) is 109 cm³/mol. The summed E-state index contributed by atoms with van der Waals surface area (Å²) in [6, 6.07) is 4.28. The Morgan fingerprint density at radius 1 is 1.19 bits per heavy atom. The summed E-state index contributed by atoms with van der Waals surface area (Å²) in [6.45, 7) is 1.54. The lowest BCUT2D eigenvalue weighted by atomic mass is 9.91. The van der Waals surface area contributed by atoms with Gasteiger partial charge in [0.15, 0.2) is 0 Å². The predicted octanol–water partition coefficient (Wildman–Crippen LogP) is 3.13. The Morgan fingerprint density at radius 2 is 1.94 bits per heavy atom. The van der Waals surface area contributed by atoms with Gasteiger partial charge in [-0.3, -0.25) is 9.59 Å². The van der Waals surface area contributed by atoms with Gasteiger partial charge in [0.1, 0.15) is 11.6 Å². The van der Waals surface area contributed by atoms with Crippen LogP contribution >= 0.6 is 0 Å². The van der Waals surface area contributed by atoms with Crippen molar-refractivity contribution >= 4 is 35.1 Å². The first kappa shape index (κ1) is 20.9.